The second-order valence-corrected chi connectivity index (χ2v) is 4.65. The van der Waals surface area contributed by atoms with E-state index in [4.69, 9.17) is 16.3 Å². The van der Waals surface area contributed by atoms with Crippen LogP contribution in [0.1, 0.15) is 16.8 Å². The SMILES string of the molecule is COc1ccc(C(=O)N2CCCNCC2)c(Cl)c1. The predicted octanol–water partition coefficient (Wildman–Crippen LogP) is 1.78. The molecule has 0 aromatic heterocycles. The van der Waals surface area contributed by atoms with Crippen LogP contribution in [0.15, 0.2) is 18.2 Å². The summed E-state index contributed by atoms with van der Waals surface area (Å²) in [5.74, 6) is 0.653. The van der Waals surface area contributed by atoms with E-state index >= 15 is 0 Å². The summed E-state index contributed by atoms with van der Waals surface area (Å²) in [6.45, 7) is 3.29. The Hall–Kier alpha value is -1.26. The Morgan fingerprint density at radius 1 is 1.39 bits per heavy atom. The average Bonchev–Trinajstić information content (AvgIpc) is 2.66. The van der Waals surface area contributed by atoms with Crippen molar-refractivity contribution in [3.05, 3.63) is 28.8 Å². The summed E-state index contributed by atoms with van der Waals surface area (Å²) in [7, 11) is 1.58. The van der Waals surface area contributed by atoms with E-state index in [-0.39, 0.29) is 5.91 Å². The van der Waals surface area contributed by atoms with Gasteiger partial charge in [-0.15, -0.1) is 0 Å². The molecule has 4 nitrogen and oxygen atoms in total. The number of nitrogens with zero attached hydrogens (tertiary/aromatic N) is 1. The van der Waals surface area contributed by atoms with Gasteiger partial charge >= 0.3 is 0 Å². The van der Waals surface area contributed by atoms with Crippen molar-refractivity contribution in [2.45, 2.75) is 6.42 Å². The maximum Gasteiger partial charge on any atom is 0.255 e. The number of nitrogens with one attached hydrogen (secondary N) is 1. The lowest BCUT2D eigenvalue weighted by Crippen LogP contribution is -2.34. The molecule has 1 aliphatic heterocycles. The van der Waals surface area contributed by atoms with Crippen LogP contribution in [0.2, 0.25) is 5.02 Å². The highest BCUT2D eigenvalue weighted by atomic mass is 35.5. The summed E-state index contributed by atoms with van der Waals surface area (Å²) < 4.78 is 5.08. The second kappa shape index (κ2) is 6.07. The van der Waals surface area contributed by atoms with Crippen LogP contribution in [-0.4, -0.2) is 44.1 Å². The molecule has 0 bridgehead atoms. The predicted molar refractivity (Wildman–Crippen MR) is 71.4 cm³/mol. The second-order valence-electron chi connectivity index (χ2n) is 4.24. The van der Waals surface area contributed by atoms with E-state index in [1.165, 1.54) is 0 Å². The summed E-state index contributed by atoms with van der Waals surface area (Å²) >= 11 is 6.12. The normalized spacial score (nSPS) is 16.2. The maximum atomic E-state index is 12.3. The van der Waals surface area contributed by atoms with Gasteiger partial charge in [0, 0.05) is 19.6 Å². The fraction of sp³-hybridized carbons (Fsp3) is 0.462. The molecule has 1 aliphatic rings. The molecular formula is C13H17ClN2O2. The summed E-state index contributed by atoms with van der Waals surface area (Å²) in [6, 6.07) is 5.15. The lowest BCUT2D eigenvalue weighted by atomic mass is 10.2. The van der Waals surface area contributed by atoms with Crippen molar-refractivity contribution < 1.29 is 9.53 Å². The average molecular weight is 269 g/mol. The third kappa shape index (κ3) is 2.94. The van der Waals surface area contributed by atoms with Gasteiger partial charge in [0.1, 0.15) is 5.75 Å². The van der Waals surface area contributed by atoms with Crippen molar-refractivity contribution in [1.82, 2.24) is 10.2 Å². The van der Waals surface area contributed by atoms with Gasteiger partial charge in [0.05, 0.1) is 17.7 Å². The first kappa shape index (κ1) is 13.2. The van der Waals surface area contributed by atoms with Gasteiger partial charge < -0.3 is 15.0 Å². The van der Waals surface area contributed by atoms with Crippen LogP contribution in [0.5, 0.6) is 5.75 Å². The van der Waals surface area contributed by atoms with E-state index in [1.807, 2.05) is 4.90 Å². The van der Waals surface area contributed by atoms with Crippen molar-refractivity contribution in [2.24, 2.45) is 0 Å². The molecule has 0 unspecified atom stereocenters. The van der Waals surface area contributed by atoms with Crippen LogP contribution in [0, 0.1) is 0 Å². The first-order valence-corrected chi connectivity index (χ1v) is 6.43. The summed E-state index contributed by atoms with van der Waals surface area (Å²) in [6.07, 6.45) is 0.972. The van der Waals surface area contributed by atoms with Crippen molar-refractivity contribution >= 4 is 17.5 Å². The van der Waals surface area contributed by atoms with Gasteiger partial charge in [-0.05, 0) is 31.2 Å². The van der Waals surface area contributed by atoms with Crippen molar-refractivity contribution in [3.8, 4) is 5.75 Å². The molecule has 2 rings (SSSR count). The van der Waals surface area contributed by atoms with E-state index < -0.39 is 0 Å². The fourth-order valence-electron chi connectivity index (χ4n) is 2.02. The molecule has 1 aromatic carbocycles. The van der Waals surface area contributed by atoms with Gasteiger partial charge in [-0.1, -0.05) is 11.6 Å². The summed E-state index contributed by atoms with van der Waals surface area (Å²) in [4.78, 5) is 14.2. The topological polar surface area (TPSA) is 41.6 Å². The number of amides is 1. The standard InChI is InChI=1S/C13H17ClN2O2/c1-18-10-3-4-11(12(14)9-10)13(17)16-7-2-5-15-6-8-16/h3-4,9,15H,2,5-8H2,1H3. The highest BCUT2D eigenvalue weighted by Crippen LogP contribution is 2.23. The Balaban J connectivity index is 2.16. The molecule has 1 saturated heterocycles. The molecule has 0 aliphatic carbocycles. The monoisotopic (exact) mass is 268 g/mol. The Bertz CT molecular complexity index is 429. The Labute approximate surface area is 112 Å². The summed E-state index contributed by atoms with van der Waals surface area (Å²) in [5.41, 5.74) is 0.541. The first-order chi connectivity index (χ1) is 8.72. The third-order valence-corrected chi connectivity index (χ3v) is 3.35. The first-order valence-electron chi connectivity index (χ1n) is 6.06. The molecule has 0 spiro atoms. The quantitative estimate of drug-likeness (QED) is 0.889. The molecule has 5 heteroatoms. The molecule has 1 heterocycles. The number of carbonyl (C=O) groups excluding carboxylic acids is 1. The van der Waals surface area contributed by atoms with Gasteiger partial charge in [0.15, 0.2) is 0 Å². The zero-order valence-electron chi connectivity index (χ0n) is 10.4. The van der Waals surface area contributed by atoms with Crippen LogP contribution < -0.4 is 10.1 Å². The van der Waals surface area contributed by atoms with Gasteiger partial charge in [0.25, 0.3) is 5.91 Å². The molecule has 0 saturated carbocycles. The van der Waals surface area contributed by atoms with E-state index in [1.54, 1.807) is 25.3 Å². The maximum absolute atomic E-state index is 12.3. The third-order valence-electron chi connectivity index (χ3n) is 3.03. The summed E-state index contributed by atoms with van der Waals surface area (Å²) in [5, 5.41) is 3.71. The highest BCUT2D eigenvalue weighted by molar-refractivity contribution is 6.34. The van der Waals surface area contributed by atoms with E-state index in [0.29, 0.717) is 16.3 Å². The fourth-order valence-corrected chi connectivity index (χ4v) is 2.27. The van der Waals surface area contributed by atoms with Crippen LogP contribution in [0.3, 0.4) is 0 Å². The molecule has 1 N–H and O–H groups in total. The van der Waals surface area contributed by atoms with Crippen LogP contribution in [-0.2, 0) is 0 Å². The van der Waals surface area contributed by atoms with Crippen molar-refractivity contribution in [1.29, 1.82) is 0 Å². The minimum absolute atomic E-state index is 0.00801. The number of carbonyl (C=O) groups is 1. The number of rotatable bonds is 2. The highest BCUT2D eigenvalue weighted by Gasteiger charge is 2.19. The number of ether oxygens (including phenoxy) is 1. The molecule has 1 fully saturated rings. The number of hydrogen-bond donors (Lipinski definition) is 1. The van der Waals surface area contributed by atoms with E-state index in [2.05, 4.69) is 5.32 Å². The molecule has 98 valence electrons. The Morgan fingerprint density at radius 3 is 2.94 bits per heavy atom. The van der Waals surface area contributed by atoms with Gasteiger partial charge in [-0.3, -0.25) is 4.79 Å². The molecule has 1 aromatic rings. The number of hydrogen-bond acceptors (Lipinski definition) is 3. The number of methoxy groups -OCH3 is 1. The Morgan fingerprint density at radius 2 is 2.22 bits per heavy atom. The van der Waals surface area contributed by atoms with E-state index in [9.17, 15) is 4.79 Å². The molecule has 0 atom stereocenters. The van der Waals surface area contributed by atoms with Crippen LogP contribution >= 0.6 is 11.6 Å². The molecule has 1 amide bonds. The molecule has 0 radical (unpaired) electrons. The zero-order valence-corrected chi connectivity index (χ0v) is 11.2. The zero-order chi connectivity index (χ0) is 13.0. The van der Waals surface area contributed by atoms with Gasteiger partial charge in [-0.25, -0.2) is 0 Å². The van der Waals surface area contributed by atoms with Crippen LogP contribution in [0.25, 0.3) is 0 Å². The van der Waals surface area contributed by atoms with Crippen molar-refractivity contribution in [3.63, 3.8) is 0 Å². The van der Waals surface area contributed by atoms with Gasteiger partial charge in [-0.2, -0.15) is 0 Å². The largest absolute Gasteiger partial charge is 0.497 e. The number of halogens is 1. The minimum atomic E-state index is -0.00801. The lowest BCUT2D eigenvalue weighted by Gasteiger charge is -2.20. The molecule has 18 heavy (non-hydrogen) atoms. The van der Waals surface area contributed by atoms with Crippen LogP contribution in [0.4, 0.5) is 0 Å². The van der Waals surface area contributed by atoms with Crippen molar-refractivity contribution in [2.75, 3.05) is 33.3 Å². The van der Waals surface area contributed by atoms with Gasteiger partial charge in [0.2, 0.25) is 0 Å². The lowest BCUT2D eigenvalue weighted by molar-refractivity contribution is 0.0766. The van der Waals surface area contributed by atoms with E-state index in [0.717, 1.165) is 32.6 Å². The smallest absolute Gasteiger partial charge is 0.255 e. The Kier molecular flexibility index (Phi) is 4.44. The molecular weight excluding hydrogens is 252 g/mol. The minimum Gasteiger partial charge on any atom is -0.497 e. The number of benzene rings is 1.